The highest BCUT2D eigenvalue weighted by Crippen LogP contribution is 2.26. The number of hydrogen-bond acceptors (Lipinski definition) is 2. The Hall–Kier alpha value is -2.55. The van der Waals surface area contributed by atoms with E-state index in [0.717, 1.165) is 11.4 Å². The first kappa shape index (κ1) is 11.5. The van der Waals surface area contributed by atoms with Crippen LogP contribution in [0.3, 0.4) is 0 Å². The van der Waals surface area contributed by atoms with Crippen LogP contribution in [0, 0.1) is 6.92 Å². The van der Waals surface area contributed by atoms with Crippen LogP contribution in [-0.2, 0) is 0 Å². The van der Waals surface area contributed by atoms with Gasteiger partial charge in [-0.25, -0.2) is 4.68 Å². The van der Waals surface area contributed by atoms with Crippen LogP contribution < -0.4 is 5.73 Å². The summed E-state index contributed by atoms with van der Waals surface area (Å²) in [7, 11) is 0. The first-order valence-corrected chi connectivity index (χ1v) is 6.20. The van der Waals surface area contributed by atoms with Gasteiger partial charge in [0.25, 0.3) is 0 Å². The summed E-state index contributed by atoms with van der Waals surface area (Å²) in [6.07, 6.45) is 3.71. The lowest BCUT2D eigenvalue weighted by atomic mass is 10.00. The molecule has 0 radical (unpaired) electrons. The summed E-state index contributed by atoms with van der Waals surface area (Å²) in [4.78, 5) is 0. The molecule has 0 bridgehead atoms. The molecule has 19 heavy (non-hydrogen) atoms. The number of aromatic nitrogens is 2. The molecule has 0 aliphatic rings. The second-order valence-electron chi connectivity index (χ2n) is 4.57. The third-order valence-corrected chi connectivity index (χ3v) is 3.21. The van der Waals surface area contributed by atoms with Crippen molar-refractivity contribution < 1.29 is 0 Å². The van der Waals surface area contributed by atoms with Crippen molar-refractivity contribution >= 4 is 5.69 Å². The third-order valence-electron chi connectivity index (χ3n) is 3.21. The molecule has 3 rings (SSSR count). The zero-order valence-electron chi connectivity index (χ0n) is 10.7. The van der Waals surface area contributed by atoms with Crippen molar-refractivity contribution in [2.24, 2.45) is 0 Å². The van der Waals surface area contributed by atoms with Crippen LogP contribution in [0.2, 0.25) is 0 Å². The summed E-state index contributed by atoms with van der Waals surface area (Å²) in [5.74, 6) is 0. The van der Waals surface area contributed by atoms with Crippen LogP contribution in [0.15, 0.2) is 60.9 Å². The Balaban J connectivity index is 2.01. The lowest BCUT2D eigenvalue weighted by molar-refractivity contribution is 0.881. The van der Waals surface area contributed by atoms with Gasteiger partial charge < -0.3 is 5.73 Å². The van der Waals surface area contributed by atoms with Gasteiger partial charge in [-0.2, -0.15) is 5.10 Å². The Labute approximate surface area is 112 Å². The maximum absolute atomic E-state index is 5.86. The molecular formula is C16H15N3. The van der Waals surface area contributed by atoms with Gasteiger partial charge in [0.15, 0.2) is 0 Å². The van der Waals surface area contributed by atoms with Crippen molar-refractivity contribution in [3.05, 3.63) is 66.5 Å². The first-order valence-electron chi connectivity index (χ1n) is 6.20. The van der Waals surface area contributed by atoms with Crippen LogP contribution in [-0.4, -0.2) is 9.78 Å². The molecular weight excluding hydrogens is 234 g/mol. The molecule has 0 aliphatic heterocycles. The molecule has 0 aliphatic carbocycles. The number of nitrogen functional groups attached to an aromatic ring is 1. The number of aryl methyl sites for hydroxylation is 1. The summed E-state index contributed by atoms with van der Waals surface area (Å²) in [6.45, 7) is 2.09. The average Bonchev–Trinajstić information content (AvgIpc) is 2.96. The number of rotatable bonds is 2. The highest BCUT2D eigenvalue weighted by Gasteiger charge is 2.03. The SMILES string of the molecule is Cc1ccc(N)cc1-c1ccc(-n2cccn2)cc1. The largest absolute Gasteiger partial charge is 0.399 e. The molecule has 3 heteroatoms. The summed E-state index contributed by atoms with van der Waals surface area (Å²) in [6, 6.07) is 16.2. The Kier molecular flexibility index (Phi) is 2.80. The van der Waals surface area contributed by atoms with Crippen molar-refractivity contribution in [2.45, 2.75) is 6.92 Å². The van der Waals surface area contributed by atoms with E-state index in [1.54, 1.807) is 6.20 Å². The average molecular weight is 249 g/mol. The van der Waals surface area contributed by atoms with Crippen LogP contribution in [0.5, 0.6) is 0 Å². The number of hydrogen-bond donors (Lipinski definition) is 1. The number of nitrogens with zero attached hydrogens (tertiary/aromatic N) is 2. The zero-order chi connectivity index (χ0) is 13.2. The van der Waals surface area contributed by atoms with Crippen LogP contribution in [0.4, 0.5) is 5.69 Å². The van der Waals surface area contributed by atoms with Crippen molar-refractivity contribution in [1.29, 1.82) is 0 Å². The predicted octanol–water partition coefficient (Wildman–Crippen LogP) is 3.43. The van der Waals surface area contributed by atoms with Gasteiger partial charge in [-0.15, -0.1) is 0 Å². The molecule has 0 saturated heterocycles. The molecule has 3 nitrogen and oxygen atoms in total. The molecule has 0 saturated carbocycles. The van der Waals surface area contributed by atoms with E-state index < -0.39 is 0 Å². The van der Waals surface area contributed by atoms with Gasteiger partial charge in [0.05, 0.1) is 5.69 Å². The minimum atomic E-state index is 0.789. The van der Waals surface area contributed by atoms with Crippen LogP contribution in [0.1, 0.15) is 5.56 Å². The normalized spacial score (nSPS) is 10.6. The van der Waals surface area contributed by atoms with E-state index in [2.05, 4.69) is 36.3 Å². The molecule has 0 unspecified atom stereocenters. The quantitative estimate of drug-likeness (QED) is 0.707. The molecule has 0 spiro atoms. The fourth-order valence-corrected chi connectivity index (χ4v) is 2.17. The number of benzene rings is 2. The van der Waals surface area contributed by atoms with Crippen LogP contribution >= 0.6 is 0 Å². The summed E-state index contributed by atoms with van der Waals surface area (Å²) >= 11 is 0. The minimum absolute atomic E-state index is 0.789. The number of nitrogens with two attached hydrogens (primary N) is 1. The van der Waals surface area contributed by atoms with E-state index in [4.69, 9.17) is 5.73 Å². The van der Waals surface area contributed by atoms with Crippen molar-refractivity contribution in [3.8, 4) is 16.8 Å². The molecule has 0 fully saturated rings. The van der Waals surface area contributed by atoms with E-state index in [9.17, 15) is 0 Å². The third kappa shape index (κ3) is 2.22. The number of anilines is 1. The monoisotopic (exact) mass is 249 g/mol. The van der Waals surface area contributed by atoms with Gasteiger partial charge >= 0.3 is 0 Å². The van der Waals surface area contributed by atoms with Gasteiger partial charge in [0, 0.05) is 18.1 Å². The highest BCUT2D eigenvalue weighted by atomic mass is 15.3. The minimum Gasteiger partial charge on any atom is -0.399 e. The predicted molar refractivity (Wildman–Crippen MR) is 78.1 cm³/mol. The lowest BCUT2D eigenvalue weighted by Crippen LogP contribution is -1.94. The Bertz CT molecular complexity index is 683. The van der Waals surface area contributed by atoms with Gasteiger partial charge in [0.1, 0.15) is 0 Å². The second kappa shape index (κ2) is 4.61. The Morgan fingerprint density at radius 2 is 1.84 bits per heavy atom. The van der Waals surface area contributed by atoms with Crippen molar-refractivity contribution in [3.63, 3.8) is 0 Å². The fraction of sp³-hybridized carbons (Fsp3) is 0.0625. The highest BCUT2D eigenvalue weighted by molar-refractivity contribution is 5.71. The molecule has 0 amide bonds. The van der Waals surface area contributed by atoms with Gasteiger partial charge in [0.2, 0.25) is 0 Å². The van der Waals surface area contributed by atoms with E-state index in [1.807, 2.05) is 35.1 Å². The molecule has 3 aromatic rings. The topological polar surface area (TPSA) is 43.8 Å². The molecule has 0 atom stereocenters. The molecule has 2 aromatic carbocycles. The fourth-order valence-electron chi connectivity index (χ4n) is 2.17. The van der Waals surface area contributed by atoms with Gasteiger partial charge in [-0.3, -0.25) is 0 Å². The second-order valence-corrected chi connectivity index (χ2v) is 4.57. The van der Waals surface area contributed by atoms with E-state index in [1.165, 1.54) is 16.7 Å². The molecule has 94 valence electrons. The molecule has 1 heterocycles. The van der Waals surface area contributed by atoms with Gasteiger partial charge in [-0.1, -0.05) is 18.2 Å². The molecule has 2 N–H and O–H groups in total. The standard InChI is InChI=1S/C16H15N3/c1-12-3-6-14(17)11-16(12)13-4-7-15(8-5-13)19-10-2-9-18-19/h2-11H,17H2,1H3. The van der Waals surface area contributed by atoms with Crippen LogP contribution in [0.25, 0.3) is 16.8 Å². The lowest BCUT2D eigenvalue weighted by Gasteiger charge is -2.08. The Morgan fingerprint density at radius 3 is 2.53 bits per heavy atom. The molecule has 1 aromatic heterocycles. The van der Waals surface area contributed by atoms with Crippen molar-refractivity contribution in [2.75, 3.05) is 5.73 Å². The van der Waals surface area contributed by atoms with E-state index in [0.29, 0.717) is 0 Å². The smallest absolute Gasteiger partial charge is 0.0645 e. The maximum atomic E-state index is 5.86. The van der Waals surface area contributed by atoms with Crippen molar-refractivity contribution in [1.82, 2.24) is 9.78 Å². The maximum Gasteiger partial charge on any atom is 0.0645 e. The van der Waals surface area contributed by atoms with Gasteiger partial charge in [-0.05, 0) is 53.9 Å². The van der Waals surface area contributed by atoms with E-state index >= 15 is 0 Å². The Morgan fingerprint density at radius 1 is 1.05 bits per heavy atom. The zero-order valence-corrected chi connectivity index (χ0v) is 10.7. The summed E-state index contributed by atoms with van der Waals surface area (Å²) in [5.41, 5.74) is 11.3. The first-order chi connectivity index (χ1) is 9.24. The summed E-state index contributed by atoms with van der Waals surface area (Å²) < 4.78 is 1.84. The summed E-state index contributed by atoms with van der Waals surface area (Å²) in [5, 5.41) is 4.22. The van der Waals surface area contributed by atoms with E-state index in [-0.39, 0.29) is 0 Å².